The van der Waals surface area contributed by atoms with Gasteiger partial charge in [-0.05, 0) is 29.8 Å². The molecule has 0 fully saturated rings. The monoisotopic (exact) mass is 463 g/mol. The summed E-state index contributed by atoms with van der Waals surface area (Å²) in [5, 5.41) is 24.1. The number of carbonyl (C=O) groups is 2. The fraction of sp³-hybridized carbons (Fsp3) is 0.0435. The predicted octanol–water partition coefficient (Wildman–Crippen LogP) is 2.39. The van der Waals surface area contributed by atoms with Crippen molar-refractivity contribution in [2.24, 2.45) is 0 Å². The Bertz CT molecular complexity index is 1410. The van der Waals surface area contributed by atoms with Gasteiger partial charge in [0.25, 0.3) is 15.7 Å². The van der Waals surface area contributed by atoms with E-state index in [1.807, 2.05) is 0 Å². The molecule has 0 aliphatic carbocycles. The summed E-state index contributed by atoms with van der Waals surface area (Å²) in [6.45, 7) is -0.825. The summed E-state index contributed by atoms with van der Waals surface area (Å²) in [4.78, 5) is 36.0. The molecule has 0 N–H and O–H groups in total. The van der Waals surface area contributed by atoms with Crippen molar-refractivity contribution >= 4 is 33.0 Å². The van der Waals surface area contributed by atoms with Gasteiger partial charge in [0.2, 0.25) is 5.78 Å². The Morgan fingerprint density at radius 1 is 0.879 bits per heavy atom. The number of fused-ring (bicyclic) bond motifs is 1. The van der Waals surface area contributed by atoms with E-state index in [0.717, 1.165) is 12.1 Å². The van der Waals surface area contributed by atoms with E-state index in [1.54, 1.807) is 18.2 Å². The van der Waals surface area contributed by atoms with Crippen LogP contribution in [0.4, 0.5) is 5.69 Å². The smallest absolute Gasteiger partial charge is 0.269 e. The Kier molecular flexibility index (Phi) is 5.52. The molecular weight excluding hydrogens is 448 g/mol. The third kappa shape index (κ3) is 3.87. The minimum absolute atomic E-state index is 0.00591. The SMILES string of the molecule is O=C(CN1/C(=C(/[O-])c2ccccc2)C(=O)c2ccccc2S1(=O)=O)c1ccc([N+](=O)[O-])cc1. The van der Waals surface area contributed by atoms with Gasteiger partial charge in [0.05, 0.1) is 22.1 Å². The number of nitro benzene ring substituents is 1. The van der Waals surface area contributed by atoms with Gasteiger partial charge in [0.15, 0.2) is 5.78 Å². The average molecular weight is 463 g/mol. The molecule has 0 aromatic heterocycles. The maximum Gasteiger partial charge on any atom is 0.269 e. The van der Waals surface area contributed by atoms with Gasteiger partial charge in [-0.15, -0.1) is 0 Å². The lowest BCUT2D eigenvalue weighted by Crippen LogP contribution is -2.43. The van der Waals surface area contributed by atoms with Crippen molar-refractivity contribution in [2.75, 3.05) is 6.54 Å². The van der Waals surface area contributed by atoms with E-state index in [9.17, 15) is 33.2 Å². The van der Waals surface area contributed by atoms with Gasteiger partial charge in [-0.1, -0.05) is 48.2 Å². The van der Waals surface area contributed by atoms with Gasteiger partial charge in [0.1, 0.15) is 0 Å². The number of ketones is 2. The van der Waals surface area contributed by atoms with Crippen LogP contribution in [-0.2, 0) is 10.0 Å². The van der Waals surface area contributed by atoms with E-state index in [-0.39, 0.29) is 27.3 Å². The molecule has 0 bridgehead atoms. The molecule has 0 unspecified atom stereocenters. The molecule has 0 amide bonds. The molecule has 0 saturated carbocycles. The van der Waals surface area contributed by atoms with Crippen LogP contribution in [0.2, 0.25) is 0 Å². The van der Waals surface area contributed by atoms with E-state index >= 15 is 0 Å². The van der Waals surface area contributed by atoms with E-state index in [2.05, 4.69) is 0 Å². The van der Waals surface area contributed by atoms with Crippen LogP contribution < -0.4 is 5.11 Å². The Balaban J connectivity index is 1.85. The van der Waals surface area contributed by atoms with E-state index in [1.165, 1.54) is 48.5 Å². The van der Waals surface area contributed by atoms with E-state index < -0.39 is 44.5 Å². The van der Waals surface area contributed by atoms with Crippen LogP contribution in [0.3, 0.4) is 0 Å². The van der Waals surface area contributed by atoms with Crippen molar-refractivity contribution in [3.05, 3.63) is 111 Å². The first-order valence-electron chi connectivity index (χ1n) is 9.62. The third-order valence-corrected chi connectivity index (χ3v) is 6.91. The van der Waals surface area contributed by atoms with Gasteiger partial charge >= 0.3 is 0 Å². The number of hydrogen-bond acceptors (Lipinski definition) is 7. The van der Waals surface area contributed by atoms with Crippen LogP contribution in [0.1, 0.15) is 26.3 Å². The summed E-state index contributed by atoms with van der Waals surface area (Å²) in [7, 11) is -4.42. The zero-order chi connectivity index (χ0) is 23.8. The zero-order valence-electron chi connectivity index (χ0n) is 16.9. The molecule has 33 heavy (non-hydrogen) atoms. The first-order chi connectivity index (χ1) is 15.7. The highest BCUT2D eigenvalue weighted by atomic mass is 32.2. The predicted molar refractivity (Wildman–Crippen MR) is 115 cm³/mol. The molecular formula is C23H15N2O7S-. The van der Waals surface area contributed by atoms with Crippen molar-refractivity contribution in [3.8, 4) is 0 Å². The van der Waals surface area contributed by atoms with Crippen molar-refractivity contribution < 1.29 is 28.0 Å². The lowest BCUT2D eigenvalue weighted by Gasteiger charge is -2.34. The number of sulfonamides is 1. The molecule has 1 heterocycles. The van der Waals surface area contributed by atoms with Crippen LogP contribution in [0.5, 0.6) is 0 Å². The summed E-state index contributed by atoms with van der Waals surface area (Å²) in [5.41, 5.74) is -0.976. The summed E-state index contributed by atoms with van der Waals surface area (Å²) in [6.07, 6.45) is 0. The molecule has 166 valence electrons. The fourth-order valence-corrected chi connectivity index (χ4v) is 5.08. The van der Waals surface area contributed by atoms with Crippen molar-refractivity contribution in [1.82, 2.24) is 4.31 Å². The molecule has 3 aromatic carbocycles. The molecule has 1 aliphatic rings. The standard InChI is InChI=1S/C23H16N2O7S/c26-19(15-10-12-17(13-11-15)25(29)30)14-24-21(22(27)16-6-2-1-3-7-16)23(28)18-8-4-5-9-20(18)33(24,31)32/h1-13,27H,14H2/p-1/b22-21+. The quantitative estimate of drug-likeness (QED) is 0.186. The Hall–Kier alpha value is -4.31. The number of carbonyl (C=O) groups excluding carboxylic acids is 2. The van der Waals surface area contributed by atoms with E-state index in [0.29, 0.717) is 4.31 Å². The van der Waals surface area contributed by atoms with Gasteiger partial charge in [-0.2, -0.15) is 0 Å². The molecule has 4 rings (SSSR count). The second kappa shape index (κ2) is 8.32. The fourth-order valence-electron chi connectivity index (χ4n) is 3.46. The summed E-state index contributed by atoms with van der Waals surface area (Å²) >= 11 is 0. The number of Topliss-reactive ketones (excluding diaryl/α,β-unsaturated/α-hetero) is 2. The van der Waals surface area contributed by atoms with Crippen LogP contribution in [0.25, 0.3) is 5.76 Å². The van der Waals surface area contributed by atoms with Gasteiger partial charge < -0.3 is 5.11 Å². The first-order valence-corrected chi connectivity index (χ1v) is 11.1. The molecule has 0 radical (unpaired) electrons. The summed E-state index contributed by atoms with van der Waals surface area (Å²) in [6, 6.07) is 17.7. The van der Waals surface area contributed by atoms with Gasteiger partial charge in [-0.25, -0.2) is 8.42 Å². The summed E-state index contributed by atoms with van der Waals surface area (Å²) < 4.78 is 27.3. The number of hydrogen-bond donors (Lipinski definition) is 0. The summed E-state index contributed by atoms with van der Waals surface area (Å²) in [5.74, 6) is -2.39. The second-order valence-electron chi connectivity index (χ2n) is 7.11. The van der Waals surface area contributed by atoms with Crippen LogP contribution in [0.15, 0.2) is 89.5 Å². The largest absolute Gasteiger partial charge is 0.871 e. The van der Waals surface area contributed by atoms with Crippen LogP contribution in [-0.4, -0.2) is 35.8 Å². The molecule has 3 aromatic rings. The molecule has 0 atom stereocenters. The highest BCUT2D eigenvalue weighted by Gasteiger charge is 2.40. The number of benzene rings is 3. The third-order valence-electron chi connectivity index (χ3n) is 5.10. The number of nitrogens with zero attached hydrogens (tertiary/aromatic N) is 2. The lowest BCUT2D eigenvalue weighted by molar-refractivity contribution is -0.384. The number of nitro groups is 1. The Labute approximate surface area is 188 Å². The van der Waals surface area contributed by atoms with Gasteiger partial charge in [0, 0.05) is 23.3 Å². The second-order valence-corrected chi connectivity index (χ2v) is 8.94. The maximum atomic E-state index is 13.4. The topological polar surface area (TPSA) is 138 Å². The number of rotatable bonds is 5. The zero-order valence-corrected chi connectivity index (χ0v) is 17.7. The Morgan fingerprint density at radius 3 is 2.12 bits per heavy atom. The molecule has 0 spiro atoms. The first kappa shape index (κ1) is 21.9. The van der Waals surface area contributed by atoms with Gasteiger partial charge in [-0.3, -0.25) is 24.0 Å². The highest BCUT2D eigenvalue weighted by molar-refractivity contribution is 7.89. The van der Waals surface area contributed by atoms with Crippen molar-refractivity contribution in [2.45, 2.75) is 4.90 Å². The molecule has 1 aliphatic heterocycles. The number of allylic oxidation sites excluding steroid dienone is 1. The van der Waals surface area contributed by atoms with Crippen LogP contribution >= 0.6 is 0 Å². The molecule has 9 nitrogen and oxygen atoms in total. The average Bonchev–Trinajstić information content (AvgIpc) is 2.83. The normalized spacial score (nSPS) is 16.1. The van der Waals surface area contributed by atoms with E-state index in [4.69, 9.17) is 0 Å². The van der Waals surface area contributed by atoms with Crippen molar-refractivity contribution in [1.29, 1.82) is 0 Å². The van der Waals surface area contributed by atoms with Crippen molar-refractivity contribution in [3.63, 3.8) is 0 Å². The minimum atomic E-state index is -4.42. The number of non-ortho nitro benzene ring substituents is 1. The lowest BCUT2D eigenvalue weighted by atomic mass is 10.0. The van der Waals surface area contributed by atoms with Crippen LogP contribution in [0, 0.1) is 10.1 Å². The Morgan fingerprint density at radius 2 is 1.48 bits per heavy atom. The molecule has 0 saturated heterocycles. The minimum Gasteiger partial charge on any atom is -0.871 e. The highest BCUT2D eigenvalue weighted by Crippen LogP contribution is 2.34. The maximum absolute atomic E-state index is 13.4. The molecule has 10 heteroatoms.